The minimum absolute atomic E-state index is 0.00292. The summed E-state index contributed by atoms with van der Waals surface area (Å²) in [5, 5.41) is 18.9. The minimum atomic E-state index is -0.882. The molecule has 15 heavy (non-hydrogen) atoms. The highest BCUT2D eigenvalue weighted by Gasteiger charge is 2.09. The summed E-state index contributed by atoms with van der Waals surface area (Å²) in [6.07, 6.45) is 0.970. The second-order valence-electron chi connectivity index (χ2n) is 3.32. The van der Waals surface area contributed by atoms with E-state index in [0.717, 1.165) is 5.56 Å². The Morgan fingerprint density at radius 2 is 2.00 bits per heavy atom. The zero-order chi connectivity index (χ0) is 11.4. The monoisotopic (exact) mass is 228 g/mol. The highest BCUT2D eigenvalue weighted by molar-refractivity contribution is 6.30. The van der Waals surface area contributed by atoms with Crippen LogP contribution in [0.2, 0.25) is 5.02 Å². The summed E-state index contributed by atoms with van der Waals surface area (Å²) in [5.74, 6) is -0.712. The van der Waals surface area contributed by atoms with E-state index in [1.54, 1.807) is 12.1 Å². The molecule has 0 saturated carbocycles. The summed E-state index contributed by atoms with van der Waals surface area (Å²) in [4.78, 5) is 10.4. The summed E-state index contributed by atoms with van der Waals surface area (Å²) in [6, 6.07) is 3.31. The van der Waals surface area contributed by atoms with Crippen LogP contribution in [0.15, 0.2) is 12.1 Å². The number of carbonyl (C=O) groups is 1. The highest BCUT2D eigenvalue weighted by Crippen LogP contribution is 2.28. The molecule has 0 fully saturated rings. The molecule has 0 atom stereocenters. The summed E-state index contributed by atoms with van der Waals surface area (Å²) >= 11 is 5.86. The van der Waals surface area contributed by atoms with Crippen molar-refractivity contribution in [1.82, 2.24) is 0 Å². The van der Waals surface area contributed by atoms with E-state index in [0.29, 0.717) is 23.4 Å². The summed E-state index contributed by atoms with van der Waals surface area (Å²) < 4.78 is 0. The van der Waals surface area contributed by atoms with Crippen LogP contribution in [0.1, 0.15) is 24.5 Å². The maximum absolute atomic E-state index is 10.4. The second-order valence-corrected chi connectivity index (χ2v) is 3.76. The number of aromatic hydroxyl groups is 1. The molecule has 0 saturated heterocycles. The highest BCUT2D eigenvalue weighted by atomic mass is 35.5. The normalized spacial score (nSPS) is 10.3. The number of aliphatic carboxylic acids is 1. The van der Waals surface area contributed by atoms with Gasteiger partial charge in [-0.15, -0.1) is 0 Å². The lowest BCUT2D eigenvalue weighted by Crippen LogP contribution is -1.98. The molecular formula is C11H13ClO3. The van der Waals surface area contributed by atoms with Crippen molar-refractivity contribution in [1.29, 1.82) is 0 Å². The number of halogens is 1. The largest absolute Gasteiger partial charge is 0.507 e. The Labute approximate surface area is 93.3 Å². The standard InChI is InChI=1S/C11H13ClO3/c1-2-7-5-9(12)6-8(11(7)15)3-4-10(13)14/h5-6,15H,2-4H2,1H3,(H,13,14). The first kappa shape index (κ1) is 11.9. The second kappa shape index (κ2) is 5.03. The third-order valence-electron chi connectivity index (χ3n) is 2.22. The lowest BCUT2D eigenvalue weighted by atomic mass is 10.0. The Hall–Kier alpha value is -1.22. The van der Waals surface area contributed by atoms with Crippen LogP contribution in [-0.4, -0.2) is 16.2 Å². The Morgan fingerprint density at radius 3 is 2.53 bits per heavy atom. The van der Waals surface area contributed by atoms with E-state index in [4.69, 9.17) is 16.7 Å². The van der Waals surface area contributed by atoms with Crippen LogP contribution in [-0.2, 0) is 17.6 Å². The van der Waals surface area contributed by atoms with Crippen molar-refractivity contribution in [3.63, 3.8) is 0 Å². The molecule has 0 amide bonds. The van der Waals surface area contributed by atoms with Crippen molar-refractivity contribution in [3.8, 4) is 5.75 Å². The van der Waals surface area contributed by atoms with Crippen LogP contribution in [0.25, 0.3) is 0 Å². The van der Waals surface area contributed by atoms with Crippen LogP contribution in [0, 0.1) is 0 Å². The molecule has 4 heteroatoms. The van der Waals surface area contributed by atoms with E-state index >= 15 is 0 Å². The fraction of sp³-hybridized carbons (Fsp3) is 0.364. The number of hydrogen-bond acceptors (Lipinski definition) is 2. The SMILES string of the molecule is CCc1cc(Cl)cc(CCC(=O)O)c1O. The molecule has 0 aromatic heterocycles. The third kappa shape index (κ3) is 3.13. The van der Waals surface area contributed by atoms with E-state index in [1.807, 2.05) is 6.92 Å². The predicted molar refractivity (Wildman–Crippen MR) is 58.5 cm³/mol. The van der Waals surface area contributed by atoms with Gasteiger partial charge in [0.05, 0.1) is 0 Å². The number of carboxylic acids is 1. The Balaban J connectivity index is 2.95. The predicted octanol–water partition coefficient (Wildman–Crippen LogP) is 2.63. The van der Waals surface area contributed by atoms with Crippen molar-refractivity contribution in [2.24, 2.45) is 0 Å². The number of phenols is 1. The van der Waals surface area contributed by atoms with Gasteiger partial charge in [-0.2, -0.15) is 0 Å². The van der Waals surface area contributed by atoms with E-state index < -0.39 is 5.97 Å². The molecule has 1 aromatic rings. The van der Waals surface area contributed by atoms with Gasteiger partial charge in [-0.05, 0) is 36.1 Å². The van der Waals surface area contributed by atoms with Gasteiger partial charge in [0.1, 0.15) is 5.75 Å². The fourth-order valence-electron chi connectivity index (χ4n) is 1.42. The number of carboxylic acid groups (broad SMARTS) is 1. The Bertz CT molecular complexity index is 374. The molecule has 0 aliphatic carbocycles. The van der Waals surface area contributed by atoms with Crippen LogP contribution < -0.4 is 0 Å². The van der Waals surface area contributed by atoms with Gasteiger partial charge in [0.2, 0.25) is 0 Å². The molecular weight excluding hydrogens is 216 g/mol. The quantitative estimate of drug-likeness (QED) is 0.833. The molecule has 0 unspecified atom stereocenters. The first-order chi connectivity index (χ1) is 7.04. The summed E-state index contributed by atoms with van der Waals surface area (Å²) in [6.45, 7) is 1.91. The zero-order valence-electron chi connectivity index (χ0n) is 8.46. The summed E-state index contributed by atoms with van der Waals surface area (Å²) in [7, 11) is 0. The average Bonchev–Trinajstić information content (AvgIpc) is 2.18. The maximum atomic E-state index is 10.4. The topological polar surface area (TPSA) is 57.5 Å². The number of benzene rings is 1. The van der Waals surface area contributed by atoms with Crippen LogP contribution in [0.5, 0.6) is 5.75 Å². The molecule has 0 bridgehead atoms. The van der Waals surface area contributed by atoms with E-state index in [9.17, 15) is 9.90 Å². The van der Waals surface area contributed by atoms with Crippen LogP contribution in [0.3, 0.4) is 0 Å². The van der Waals surface area contributed by atoms with Gasteiger partial charge in [0.15, 0.2) is 0 Å². The van der Waals surface area contributed by atoms with Crippen LogP contribution >= 0.6 is 11.6 Å². The molecule has 0 aliphatic rings. The van der Waals surface area contributed by atoms with E-state index in [2.05, 4.69) is 0 Å². The van der Waals surface area contributed by atoms with Crippen molar-refractivity contribution in [2.75, 3.05) is 0 Å². The Kier molecular flexibility index (Phi) is 3.97. The van der Waals surface area contributed by atoms with Gasteiger partial charge in [-0.3, -0.25) is 4.79 Å². The molecule has 3 nitrogen and oxygen atoms in total. The van der Waals surface area contributed by atoms with Gasteiger partial charge in [0.25, 0.3) is 0 Å². The Morgan fingerprint density at radius 1 is 1.40 bits per heavy atom. The first-order valence-corrected chi connectivity index (χ1v) is 5.14. The van der Waals surface area contributed by atoms with E-state index in [1.165, 1.54) is 0 Å². The molecule has 0 heterocycles. The molecule has 0 aliphatic heterocycles. The summed E-state index contributed by atoms with van der Waals surface area (Å²) in [5.41, 5.74) is 1.35. The van der Waals surface area contributed by atoms with Gasteiger partial charge < -0.3 is 10.2 Å². The van der Waals surface area contributed by atoms with E-state index in [-0.39, 0.29) is 12.2 Å². The molecule has 0 spiro atoms. The smallest absolute Gasteiger partial charge is 0.303 e. The molecule has 1 aromatic carbocycles. The minimum Gasteiger partial charge on any atom is -0.507 e. The van der Waals surface area contributed by atoms with Crippen molar-refractivity contribution >= 4 is 17.6 Å². The maximum Gasteiger partial charge on any atom is 0.303 e. The number of aryl methyl sites for hydroxylation is 2. The molecule has 2 N–H and O–H groups in total. The number of hydrogen-bond donors (Lipinski definition) is 2. The van der Waals surface area contributed by atoms with Gasteiger partial charge in [-0.25, -0.2) is 0 Å². The third-order valence-corrected chi connectivity index (χ3v) is 2.44. The van der Waals surface area contributed by atoms with Crippen molar-refractivity contribution < 1.29 is 15.0 Å². The molecule has 82 valence electrons. The fourth-order valence-corrected chi connectivity index (χ4v) is 1.68. The lowest BCUT2D eigenvalue weighted by Gasteiger charge is -2.08. The van der Waals surface area contributed by atoms with Crippen molar-refractivity contribution in [3.05, 3.63) is 28.3 Å². The van der Waals surface area contributed by atoms with Crippen LogP contribution in [0.4, 0.5) is 0 Å². The molecule has 0 radical (unpaired) electrons. The lowest BCUT2D eigenvalue weighted by molar-refractivity contribution is -0.136. The molecule has 1 rings (SSSR count). The number of phenolic OH excluding ortho intramolecular Hbond substituents is 1. The van der Waals surface area contributed by atoms with Gasteiger partial charge >= 0.3 is 5.97 Å². The van der Waals surface area contributed by atoms with Gasteiger partial charge in [-0.1, -0.05) is 18.5 Å². The van der Waals surface area contributed by atoms with Gasteiger partial charge in [0, 0.05) is 11.4 Å². The number of rotatable bonds is 4. The average molecular weight is 229 g/mol. The zero-order valence-corrected chi connectivity index (χ0v) is 9.21. The van der Waals surface area contributed by atoms with Crippen molar-refractivity contribution in [2.45, 2.75) is 26.2 Å². The first-order valence-electron chi connectivity index (χ1n) is 4.76.